The quantitative estimate of drug-likeness (QED) is 0.777. The van der Waals surface area contributed by atoms with E-state index in [0.29, 0.717) is 6.10 Å². The molecule has 20 heavy (non-hydrogen) atoms. The maximum Gasteiger partial charge on any atom is 0.125 e. The van der Waals surface area contributed by atoms with Crippen molar-refractivity contribution in [3.63, 3.8) is 0 Å². The van der Waals surface area contributed by atoms with E-state index >= 15 is 0 Å². The number of hydrogen-bond donors (Lipinski definition) is 1. The van der Waals surface area contributed by atoms with E-state index in [1.165, 1.54) is 6.07 Å². The van der Waals surface area contributed by atoms with E-state index in [9.17, 15) is 4.39 Å². The Balaban J connectivity index is 1.77. The van der Waals surface area contributed by atoms with Gasteiger partial charge in [-0.3, -0.25) is 0 Å². The highest BCUT2D eigenvalue weighted by Crippen LogP contribution is 2.22. The average molecular weight is 280 g/mol. The van der Waals surface area contributed by atoms with Gasteiger partial charge >= 0.3 is 0 Å². The van der Waals surface area contributed by atoms with Gasteiger partial charge in [-0.2, -0.15) is 0 Å². The number of likely N-dealkylation sites (N-methyl/N-ethyl adjacent to an activating group) is 1. The molecule has 1 heterocycles. The second-order valence-corrected chi connectivity index (χ2v) is 5.52. The number of nitrogens with one attached hydrogen (secondary N) is 1. The van der Waals surface area contributed by atoms with Gasteiger partial charge in [-0.05, 0) is 44.0 Å². The number of hydrogen-bond acceptors (Lipinski definition) is 3. The minimum Gasteiger partial charge on any atom is -0.372 e. The molecule has 2 rings (SSSR count). The molecule has 0 spiro atoms. The number of halogens is 1. The van der Waals surface area contributed by atoms with Crippen molar-refractivity contribution in [1.82, 2.24) is 5.32 Å². The Kier molecular flexibility index (Phi) is 5.80. The van der Waals surface area contributed by atoms with E-state index in [4.69, 9.17) is 4.74 Å². The van der Waals surface area contributed by atoms with E-state index < -0.39 is 0 Å². The van der Waals surface area contributed by atoms with Gasteiger partial charge < -0.3 is 15.0 Å². The monoisotopic (exact) mass is 280 g/mol. The Bertz CT molecular complexity index is 413. The fourth-order valence-corrected chi connectivity index (χ4v) is 2.63. The van der Waals surface area contributed by atoms with Crippen molar-refractivity contribution in [2.45, 2.75) is 38.4 Å². The Morgan fingerprint density at radius 3 is 2.90 bits per heavy atom. The number of nitrogens with zero attached hydrogens (tertiary/aromatic N) is 1. The molecule has 0 radical (unpaired) electrons. The van der Waals surface area contributed by atoms with E-state index in [0.717, 1.165) is 44.6 Å². The first kappa shape index (κ1) is 15.3. The average Bonchev–Trinajstić information content (AvgIpc) is 2.86. The van der Waals surface area contributed by atoms with Crippen molar-refractivity contribution >= 4 is 5.69 Å². The van der Waals surface area contributed by atoms with Gasteiger partial charge in [0.1, 0.15) is 5.82 Å². The third kappa shape index (κ3) is 4.46. The summed E-state index contributed by atoms with van der Waals surface area (Å²) in [5.41, 5.74) is 0.904. The lowest BCUT2D eigenvalue weighted by molar-refractivity contribution is 0.0501. The highest BCUT2D eigenvalue weighted by molar-refractivity contribution is 5.45. The topological polar surface area (TPSA) is 24.5 Å². The molecule has 1 aromatic rings. The van der Waals surface area contributed by atoms with E-state index in [1.807, 2.05) is 13.1 Å². The second-order valence-electron chi connectivity index (χ2n) is 5.52. The smallest absolute Gasteiger partial charge is 0.125 e. The largest absolute Gasteiger partial charge is 0.372 e. The van der Waals surface area contributed by atoms with Crippen LogP contribution in [0.1, 0.15) is 26.2 Å². The summed E-state index contributed by atoms with van der Waals surface area (Å²) in [6, 6.07) is 6.71. The molecule has 1 aromatic carbocycles. The summed E-state index contributed by atoms with van der Waals surface area (Å²) < 4.78 is 19.2. The summed E-state index contributed by atoms with van der Waals surface area (Å²) in [5.74, 6) is -0.191. The molecule has 0 aromatic heterocycles. The van der Waals surface area contributed by atoms with Gasteiger partial charge in [0.05, 0.1) is 12.2 Å². The van der Waals surface area contributed by atoms with Crippen LogP contribution in [0.3, 0.4) is 0 Å². The van der Waals surface area contributed by atoms with Crippen LogP contribution in [-0.4, -0.2) is 38.9 Å². The highest BCUT2D eigenvalue weighted by Gasteiger charge is 2.25. The Morgan fingerprint density at radius 1 is 1.35 bits per heavy atom. The molecule has 1 N–H and O–H groups in total. The van der Waals surface area contributed by atoms with Gasteiger partial charge in [0.2, 0.25) is 0 Å². The minimum absolute atomic E-state index is 0.191. The second kappa shape index (κ2) is 7.60. The van der Waals surface area contributed by atoms with Gasteiger partial charge in [0.25, 0.3) is 0 Å². The van der Waals surface area contributed by atoms with Crippen LogP contribution in [0, 0.1) is 5.82 Å². The molecule has 2 atom stereocenters. The van der Waals surface area contributed by atoms with Crippen molar-refractivity contribution in [1.29, 1.82) is 0 Å². The Hall–Kier alpha value is -1.13. The molecule has 0 bridgehead atoms. The van der Waals surface area contributed by atoms with Crippen LogP contribution < -0.4 is 10.2 Å². The summed E-state index contributed by atoms with van der Waals surface area (Å²) in [5, 5.41) is 3.40. The lowest BCUT2D eigenvalue weighted by Crippen LogP contribution is -2.32. The molecule has 0 amide bonds. The fraction of sp³-hybridized carbons (Fsp3) is 0.625. The first-order chi connectivity index (χ1) is 9.69. The molecular formula is C16H25FN2O. The van der Waals surface area contributed by atoms with E-state index in [-0.39, 0.29) is 11.9 Å². The van der Waals surface area contributed by atoms with E-state index in [1.54, 1.807) is 12.1 Å². The molecule has 1 saturated heterocycles. The molecule has 3 nitrogen and oxygen atoms in total. The maximum absolute atomic E-state index is 13.2. The third-order valence-corrected chi connectivity index (χ3v) is 3.72. The van der Waals surface area contributed by atoms with Gasteiger partial charge in [-0.15, -0.1) is 0 Å². The van der Waals surface area contributed by atoms with Crippen LogP contribution in [0.4, 0.5) is 10.1 Å². The fourth-order valence-electron chi connectivity index (χ4n) is 2.63. The van der Waals surface area contributed by atoms with Gasteiger partial charge in [-0.25, -0.2) is 4.39 Å². The SMILES string of the molecule is CCCNCC1CCC(CN(C)c2cccc(F)c2)O1. The number of benzene rings is 1. The molecule has 1 aliphatic rings. The normalized spacial score (nSPS) is 22.1. The minimum atomic E-state index is -0.191. The van der Waals surface area contributed by atoms with Crippen molar-refractivity contribution in [2.75, 3.05) is 31.6 Å². The molecule has 4 heteroatoms. The number of rotatable bonds is 7. The maximum atomic E-state index is 13.2. The molecule has 2 unspecified atom stereocenters. The summed E-state index contributed by atoms with van der Waals surface area (Å²) in [6.45, 7) is 4.97. The van der Waals surface area contributed by atoms with Gasteiger partial charge in [0, 0.05) is 25.8 Å². The molecule has 0 saturated carbocycles. The molecule has 1 fully saturated rings. The lowest BCUT2D eigenvalue weighted by Gasteiger charge is -2.23. The van der Waals surface area contributed by atoms with Gasteiger partial charge in [0.15, 0.2) is 0 Å². The van der Waals surface area contributed by atoms with Crippen molar-refractivity contribution < 1.29 is 9.13 Å². The van der Waals surface area contributed by atoms with Crippen LogP contribution in [0.25, 0.3) is 0 Å². The number of anilines is 1. The first-order valence-corrected chi connectivity index (χ1v) is 7.52. The molecule has 112 valence electrons. The molecule has 0 aliphatic carbocycles. The zero-order chi connectivity index (χ0) is 14.4. The summed E-state index contributed by atoms with van der Waals surface area (Å²) in [4.78, 5) is 2.07. The lowest BCUT2D eigenvalue weighted by atomic mass is 10.2. The third-order valence-electron chi connectivity index (χ3n) is 3.72. The predicted octanol–water partition coefficient (Wildman–Crippen LogP) is 2.81. The van der Waals surface area contributed by atoms with Crippen LogP contribution in [-0.2, 0) is 4.74 Å². The summed E-state index contributed by atoms with van der Waals surface area (Å²) in [7, 11) is 1.99. The zero-order valence-electron chi connectivity index (χ0n) is 12.4. The van der Waals surface area contributed by atoms with Crippen molar-refractivity contribution in [3.05, 3.63) is 30.1 Å². The van der Waals surface area contributed by atoms with Gasteiger partial charge in [-0.1, -0.05) is 13.0 Å². The van der Waals surface area contributed by atoms with Crippen molar-refractivity contribution in [2.24, 2.45) is 0 Å². The van der Waals surface area contributed by atoms with Crippen LogP contribution >= 0.6 is 0 Å². The predicted molar refractivity (Wildman–Crippen MR) is 80.7 cm³/mol. The summed E-state index contributed by atoms with van der Waals surface area (Å²) >= 11 is 0. The highest BCUT2D eigenvalue weighted by atomic mass is 19.1. The Morgan fingerprint density at radius 2 is 2.15 bits per heavy atom. The number of ether oxygens (including phenoxy) is 1. The standard InChI is InChI=1S/C16H25FN2O/c1-3-9-18-11-15-7-8-16(20-15)12-19(2)14-6-4-5-13(17)10-14/h4-6,10,15-16,18H,3,7-9,11-12H2,1-2H3. The van der Waals surface area contributed by atoms with Crippen LogP contribution in [0.5, 0.6) is 0 Å². The zero-order valence-corrected chi connectivity index (χ0v) is 12.4. The van der Waals surface area contributed by atoms with E-state index in [2.05, 4.69) is 17.1 Å². The Labute approximate surface area is 121 Å². The molecule has 1 aliphatic heterocycles. The van der Waals surface area contributed by atoms with Crippen molar-refractivity contribution in [3.8, 4) is 0 Å². The first-order valence-electron chi connectivity index (χ1n) is 7.52. The summed E-state index contributed by atoms with van der Waals surface area (Å²) in [6.07, 6.45) is 3.92. The molecular weight excluding hydrogens is 255 g/mol. The van der Waals surface area contributed by atoms with Crippen LogP contribution in [0.2, 0.25) is 0 Å². The van der Waals surface area contributed by atoms with Crippen LogP contribution in [0.15, 0.2) is 24.3 Å².